The highest BCUT2D eigenvalue weighted by atomic mass is 16.5. The van der Waals surface area contributed by atoms with Gasteiger partial charge in [-0.15, -0.1) is 0 Å². The zero-order valence-electron chi connectivity index (χ0n) is 10.9. The number of carboxylic acid groups (broad SMARTS) is 1. The maximum atomic E-state index is 11.7. The first-order chi connectivity index (χ1) is 8.95. The molecule has 2 rings (SSSR count). The third-order valence-electron chi connectivity index (χ3n) is 2.99. The first kappa shape index (κ1) is 13.1. The number of hydrogen-bond acceptors (Lipinski definition) is 4. The van der Waals surface area contributed by atoms with Crippen molar-refractivity contribution in [3.8, 4) is 0 Å². The van der Waals surface area contributed by atoms with Crippen LogP contribution < -0.4 is 0 Å². The average molecular weight is 262 g/mol. The summed E-state index contributed by atoms with van der Waals surface area (Å²) in [6.45, 7) is 3.38. The van der Waals surface area contributed by atoms with Gasteiger partial charge >= 0.3 is 11.9 Å². The minimum atomic E-state index is -0.953. The molecule has 0 aliphatic heterocycles. The van der Waals surface area contributed by atoms with Crippen LogP contribution in [0.3, 0.4) is 0 Å². The molecular weight excluding hydrogens is 248 g/mol. The zero-order chi connectivity index (χ0) is 14.2. The van der Waals surface area contributed by atoms with E-state index in [9.17, 15) is 9.59 Å². The number of aromatic nitrogens is 2. The number of carboxylic acids is 1. The quantitative estimate of drug-likeness (QED) is 0.848. The average Bonchev–Trinajstić information content (AvgIpc) is 2.66. The largest absolute Gasteiger partial charge is 0.480 e. The third kappa shape index (κ3) is 2.16. The van der Waals surface area contributed by atoms with Gasteiger partial charge in [0.1, 0.15) is 17.9 Å². The van der Waals surface area contributed by atoms with Crippen molar-refractivity contribution in [2.24, 2.45) is 0 Å². The van der Waals surface area contributed by atoms with Gasteiger partial charge in [-0.2, -0.15) is 0 Å². The Bertz CT molecular complexity index is 673. The van der Waals surface area contributed by atoms with Crippen LogP contribution in [0.5, 0.6) is 0 Å². The molecule has 0 unspecified atom stereocenters. The Hall–Kier alpha value is -2.37. The highest BCUT2D eigenvalue weighted by Gasteiger charge is 2.19. The smallest absolute Gasteiger partial charge is 0.340 e. The van der Waals surface area contributed by atoms with Crippen molar-refractivity contribution >= 4 is 23.0 Å². The van der Waals surface area contributed by atoms with Crippen molar-refractivity contribution in [1.82, 2.24) is 9.55 Å². The van der Waals surface area contributed by atoms with Gasteiger partial charge in [-0.3, -0.25) is 4.79 Å². The predicted molar refractivity (Wildman–Crippen MR) is 68.2 cm³/mol. The van der Waals surface area contributed by atoms with E-state index in [-0.39, 0.29) is 6.54 Å². The highest BCUT2D eigenvalue weighted by molar-refractivity contribution is 6.03. The number of carbonyl (C=O) groups excluding carboxylic acids is 1. The molecule has 0 saturated carbocycles. The number of aryl methyl sites for hydroxylation is 2. The van der Waals surface area contributed by atoms with Crippen LogP contribution in [0.2, 0.25) is 0 Å². The lowest BCUT2D eigenvalue weighted by Gasteiger charge is -2.06. The summed E-state index contributed by atoms with van der Waals surface area (Å²) in [7, 11) is 1.30. The molecule has 100 valence electrons. The SMILES string of the molecule is COC(=O)c1ccc(C)c2c1nc(C)n2CC(=O)O. The number of esters is 1. The molecule has 0 aliphatic carbocycles. The number of benzene rings is 1. The molecule has 0 spiro atoms. The van der Waals surface area contributed by atoms with Crippen molar-refractivity contribution in [2.45, 2.75) is 20.4 Å². The number of rotatable bonds is 3. The van der Waals surface area contributed by atoms with Crippen molar-refractivity contribution in [3.63, 3.8) is 0 Å². The first-order valence-electron chi connectivity index (χ1n) is 5.72. The number of hydrogen-bond donors (Lipinski definition) is 1. The Morgan fingerprint density at radius 3 is 2.63 bits per heavy atom. The molecule has 0 fully saturated rings. The first-order valence-corrected chi connectivity index (χ1v) is 5.72. The Balaban J connectivity index is 2.76. The molecule has 0 radical (unpaired) electrons. The lowest BCUT2D eigenvalue weighted by atomic mass is 10.1. The molecule has 0 bridgehead atoms. The van der Waals surface area contributed by atoms with Crippen LogP contribution >= 0.6 is 0 Å². The Morgan fingerprint density at radius 1 is 1.37 bits per heavy atom. The molecule has 0 atom stereocenters. The van der Waals surface area contributed by atoms with E-state index in [1.807, 2.05) is 6.92 Å². The van der Waals surface area contributed by atoms with E-state index in [2.05, 4.69) is 4.98 Å². The molecule has 1 heterocycles. The van der Waals surface area contributed by atoms with E-state index >= 15 is 0 Å². The van der Waals surface area contributed by atoms with Gasteiger partial charge in [0.15, 0.2) is 0 Å². The van der Waals surface area contributed by atoms with E-state index in [0.717, 1.165) is 5.56 Å². The number of aliphatic carboxylic acids is 1. The van der Waals surface area contributed by atoms with Gasteiger partial charge in [0.25, 0.3) is 0 Å². The minimum absolute atomic E-state index is 0.187. The van der Waals surface area contributed by atoms with Gasteiger partial charge in [0, 0.05) is 0 Å². The summed E-state index contributed by atoms with van der Waals surface area (Å²) in [5, 5.41) is 8.94. The predicted octanol–water partition coefficient (Wildman–Crippen LogP) is 1.52. The monoisotopic (exact) mass is 262 g/mol. The van der Waals surface area contributed by atoms with Crippen molar-refractivity contribution in [3.05, 3.63) is 29.1 Å². The molecule has 6 heteroatoms. The van der Waals surface area contributed by atoms with Gasteiger partial charge in [-0.25, -0.2) is 9.78 Å². The molecule has 1 aromatic heterocycles. The van der Waals surface area contributed by atoms with Crippen molar-refractivity contribution < 1.29 is 19.4 Å². The van der Waals surface area contributed by atoms with Gasteiger partial charge in [-0.1, -0.05) is 6.07 Å². The Labute approximate surface area is 109 Å². The normalized spacial score (nSPS) is 10.7. The molecular formula is C13H14N2O4. The molecule has 2 aromatic rings. The second-order valence-corrected chi connectivity index (χ2v) is 4.26. The maximum absolute atomic E-state index is 11.7. The minimum Gasteiger partial charge on any atom is -0.480 e. The summed E-state index contributed by atoms with van der Waals surface area (Å²) < 4.78 is 6.29. The maximum Gasteiger partial charge on any atom is 0.340 e. The van der Waals surface area contributed by atoms with Crippen LogP contribution in [0.25, 0.3) is 11.0 Å². The van der Waals surface area contributed by atoms with Crippen LogP contribution in [0.15, 0.2) is 12.1 Å². The van der Waals surface area contributed by atoms with Gasteiger partial charge < -0.3 is 14.4 Å². The number of methoxy groups -OCH3 is 1. The zero-order valence-corrected chi connectivity index (χ0v) is 10.9. The van der Waals surface area contributed by atoms with E-state index in [1.165, 1.54) is 7.11 Å². The molecule has 1 N–H and O–H groups in total. The van der Waals surface area contributed by atoms with Crippen LogP contribution in [0, 0.1) is 13.8 Å². The molecule has 6 nitrogen and oxygen atoms in total. The van der Waals surface area contributed by atoms with E-state index in [4.69, 9.17) is 9.84 Å². The summed E-state index contributed by atoms with van der Waals surface area (Å²) >= 11 is 0. The Kier molecular flexibility index (Phi) is 3.25. The number of nitrogens with zero attached hydrogens (tertiary/aromatic N) is 2. The lowest BCUT2D eigenvalue weighted by Crippen LogP contribution is -2.10. The van der Waals surface area contributed by atoms with Crippen LogP contribution in [-0.2, 0) is 16.1 Å². The fraction of sp³-hybridized carbons (Fsp3) is 0.308. The van der Waals surface area contributed by atoms with Crippen LogP contribution in [-0.4, -0.2) is 33.7 Å². The number of carbonyl (C=O) groups is 2. The fourth-order valence-electron chi connectivity index (χ4n) is 2.12. The van der Waals surface area contributed by atoms with E-state index in [0.29, 0.717) is 22.4 Å². The Morgan fingerprint density at radius 2 is 2.05 bits per heavy atom. The summed E-state index contributed by atoms with van der Waals surface area (Å²) in [5.41, 5.74) is 2.34. The van der Waals surface area contributed by atoms with Crippen molar-refractivity contribution in [2.75, 3.05) is 7.11 Å². The molecule has 1 aromatic carbocycles. The van der Waals surface area contributed by atoms with Gasteiger partial charge in [0.05, 0.1) is 18.2 Å². The molecule has 0 aliphatic rings. The summed E-state index contributed by atoms with van der Waals surface area (Å²) in [6, 6.07) is 3.40. The van der Waals surface area contributed by atoms with E-state index < -0.39 is 11.9 Å². The summed E-state index contributed by atoms with van der Waals surface area (Å²) in [5.74, 6) is -0.882. The number of imidazole rings is 1. The number of fused-ring (bicyclic) bond motifs is 1. The van der Waals surface area contributed by atoms with Gasteiger partial charge in [-0.05, 0) is 25.5 Å². The van der Waals surface area contributed by atoms with Crippen LogP contribution in [0.4, 0.5) is 0 Å². The summed E-state index contributed by atoms with van der Waals surface area (Å²) in [6.07, 6.45) is 0. The van der Waals surface area contributed by atoms with Crippen molar-refractivity contribution in [1.29, 1.82) is 0 Å². The summed E-state index contributed by atoms with van der Waals surface area (Å²) in [4.78, 5) is 26.9. The highest BCUT2D eigenvalue weighted by Crippen LogP contribution is 2.24. The third-order valence-corrected chi connectivity index (χ3v) is 2.99. The second kappa shape index (κ2) is 4.72. The molecule has 19 heavy (non-hydrogen) atoms. The fourth-order valence-corrected chi connectivity index (χ4v) is 2.12. The number of ether oxygens (including phenoxy) is 1. The van der Waals surface area contributed by atoms with E-state index in [1.54, 1.807) is 23.6 Å². The van der Waals surface area contributed by atoms with Gasteiger partial charge in [0.2, 0.25) is 0 Å². The second-order valence-electron chi connectivity index (χ2n) is 4.26. The van der Waals surface area contributed by atoms with Crippen LogP contribution in [0.1, 0.15) is 21.7 Å². The topological polar surface area (TPSA) is 81.4 Å². The molecule has 0 amide bonds. The molecule has 0 saturated heterocycles. The standard InChI is InChI=1S/C13H14N2O4/c1-7-4-5-9(13(18)19-3)11-12(7)15(6-10(16)17)8(2)14-11/h4-5H,6H2,1-3H3,(H,16,17). The lowest BCUT2D eigenvalue weighted by molar-refractivity contribution is -0.137.